The Labute approximate surface area is 176 Å². The van der Waals surface area contributed by atoms with Crippen LogP contribution in [-0.2, 0) is 38.1 Å². The summed E-state index contributed by atoms with van der Waals surface area (Å²) >= 11 is 0. The van der Waals surface area contributed by atoms with Crippen molar-refractivity contribution in [3.8, 4) is 0 Å². The second-order valence-electron chi connectivity index (χ2n) is 7.31. The smallest absolute Gasteiger partial charge is 0.328 e. The molecule has 3 rings (SSSR count). The predicted octanol–water partition coefficient (Wildman–Crippen LogP) is -0.636. The highest BCUT2D eigenvalue weighted by Gasteiger charge is 2.51. The average molecular weight is 440 g/mol. The Hall–Kier alpha value is -2.99. The van der Waals surface area contributed by atoms with Crippen molar-refractivity contribution in [1.29, 1.82) is 0 Å². The summed E-state index contributed by atoms with van der Waals surface area (Å²) in [6.45, 7) is 3.99. The third-order valence-corrected chi connectivity index (χ3v) is 4.97. The lowest BCUT2D eigenvalue weighted by molar-refractivity contribution is -0.165. The van der Waals surface area contributed by atoms with Gasteiger partial charge in [-0.2, -0.15) is 0 Å². The molecule has 3 heterocycles. The molecule has 0 bridgehead atoms. The zero-order chi connectivity index (χ0) is 22.7. The van der Waals surface area contributed by atoms with E-state index in [0.29, 0.717) is 19.6 Å². The maximum absolute atomic E-state index is 12.6. The van der Waals surface area contributed by atoms with Crippen molar-refractivity contribution >= 4 is 17.9 Å². The lowest BCUT2D eigenvalue weighted by Crippen LogP contribution is -2.41. The van der Waals surface area contributed by atoms with E-state index in [1.807, 2.05) is 0 Å². The number of rotatable bonds is 6. The molecule has 1 aromatic heterocycles. The van der Waals surface area contributed by atoms with E-state index in [2.05, 4.69) is 4.98 Å². The quantitative estimate of drug-likeness (QED) is 0.447. The van der Waals surface area contributed by atoms with Gasteiger partial charge in [-0.15, -0.1) is 0 Å². The van der Waals surface area contributed by atoms with Gasteiger partial charge in [0.05, 0.1) is 18.2 Å². The molecule has 5 atom stereocenters. The molecule has 3 unspecified atom stereocenters. The van der Waals surface area contributed by atoms with Gasteiger partial charge in [-0.1, -0.05) is 0 Å². The fourth-order valence-electron chi connectivity index (χ4n) is 3.68. The summed E-state index contributed by atoms with van der Waals surface area (Å²) in [5.41, 5.74) is -1.35. The zero-order valence-corrected chi connectivity index (χ0v) is 17.3. The highest BCUT2D eigenvalue weighted by molar-refractivity contribution is 5.68. The van der Waals surface area contributed by atoms with E-state index >= 15 is 0 Å². The van der Waals surface area contributed by atoms with Crippen LogP contribution in [0.1, 0.15) is 44.9 Å². The van der Waals surface area contributed by atoms with E-state index in [1.165, 1.54) is 17.7 Å². The lowest BCUT2D eigenvalue weighted by atomic mass is 10.0. The second kappa shape index (κ2) is 9.43. The highest BCUT2D eigenvalue weighted by Crippen LogP contribution is 2.36. The van der Waals surface area contributed by atoms with Gasteiger partial charge in [0, 0.05) is 33.6 Å². The standard InChI is InChI=1S/C19H24N2O10/c1-9(22)28-8-14-16(29-10(2)23)17(30-11(3)24)15(31-14)13-6-21(12-4-5-27-7-12)19(26)20-18(13)25/h6,12,14-17H,4-5,7-8H2,1-3H3,(H,20,25,26)/t12?,14-,15+,16?,17?/m1/s1. The first-order valence-electron chi connectivity index (χ1n) is 9.73. The van der Waals surface area contributed by atoms with Crippen molar-refractivity contribution in [3.63, 3.8) is 0 Å². The molecule has 2 aliphatic heterocycles. The van der Waals surface area contributed by atoms with Gasteiger partial charge >= 0.3 is 23.6 Å². The maximum atomic E-state index is 12.6. The molecule has 12 heteroatoms. The molecule has 170 valence electrons. The minimum atomic E-state index is -1.20. The van der Waals surface area contributed by atoms with E-state index in [-0.39, 0.29) is 18.2 Å². The SMILES string of the molecule is CC(=O)OC[C@H]1O[C@@H](c2cn(C3CCOC3)c(=O)[nH]c2=O)C(OC(C)=O)C1OC(C)=O. The molecule has 0 amide bonds. The van der Waals surface area contributed by atoms with Crippen LogP contribution in [0.25, 0.3) is 0 Å². The van der Waals surface area contributed by atoms with Gasteiger partial charge in [-0.3, -0.25) is 28.7 Å². The average Bonchev–Trinajstić information content (AvgIpc) is 3.29. The number of esters is 3. The molecular formula is C19H24N2O10. The number of ether oxygens (including phenoxy) is 5. The van der Waals surface area contributed by atoms with E-state index in [1.54, 1.807) is 0 Å². The number of hydrogen-bond acceptors (Lipinski definition) is 10. The number of carbonyl (C=O) groups excluding carboxylic acids is 3. The van der Waals surface area contributed by atoms with Crippen molar-refractivity contribution < 1.29 is 38.1 Å². The third kappa shape index (κ3) is 5.20. The van der Waals surface area contributed by atoms with Gasteiger partial charge in [0.15, 0.2) is 12.2 Å². The third-order valence-electron chi connectivity index (χ3n) is 4.97. The molecule has 1 aromatic rings. The Morgan fingerprint density at radius 2 is 1.77 bits per heavy atom. The van der Waals surface area contributed by atoms with Crippen LogP contribution in [0.4, 0.5) is 0 Å². The fourth-order valence-corrected chi connectivity index (χ4v) is 3.68. The van der Waals surface area contributed by atoms with Gasteiger partial charge in [-0.25, -0.2) is 4.79 Å². The Kier molecular flexibility index (Phi) is 6.91. The van der Waals surface area contributed by atoms with Gasteiger partial charge in [-0.05, 0) is 6.42 Å². The first-order valence-corrected chi connectivity index (χ1v) is 9.73. The Morgan fingerprint density at radius 3 is 2.35 bits per heavy atom. The number of aromatic nitrogens is 2. The molecule has 0 aliphatic carbocycles. The summed E-state index contributed by atoms with van der Waals surface area (Å²) in [4.78, 5) is 61.8. The minimum absolute atomic E-state index is 0.000210. The minimum Gasteiger partial charge on any atom is -0.463 e. The van der Waals surface area contributed by atoms with Crippen LogP contribution in [0.5, 0.6) is 0 Å². The first kappa shape index (κ1) is 22.7. The number of nitrogens with zero attached hydrogens (tertiary/aromatic N) is 1. The van der Waals surface area contributed by atoms with Crippen LogP contribution in [0.2, 0.25) is 0 Å². The van der Waals surface area contributed by atoms with Crippen molar-refractivity contribution in [3.05, 3.63) is 32.6 Å². The van der Waals surface area contributed by atoms with Crippen molar-refractivity contribution in [2.24, 2.45) is 0 Å². The number of carbonyl (C=O) groups is 3. The molecule has 0 radical (unpaired) electrons. The molecule has 0 spiro atoms. The van der Waals surface area contributed by atoms with E-state index in [9.17, 15) is 24.0 Å². The van der Waals surface area contributed by atoms with Gasteiger partial charge in [0.1, 0.15) is 18.8 Å². The van der Waals surface area contributed by atoms with Crippen LogP contribution in [0.15, 0.2) is 15.8 Å². The molecule has 0 saturated carbocycles. The molecular weight excluding hydrogens is 416 g/mol. The highest BCUT2D eigenvalue weighted by atomic mass is 16.6. The summed E-state index contributed by atoms with van der Waals surface area (Å²) < 4.78 is 28.1. The number of H-pyrrole nitrogens is 1. The fraction of sp³-hybridized carbons (Fsp3) is 0.632. The molecule has 31 heavy (non-hydrogen) atoms. The summed E-state index contributed by atoms with van der Waals surface area (Å²) in [5.74, 6) is -1.97. The van der Waals surface area contributed by atoms with Crippen LogP contribution < -0.4 is 11.2 Å². The summed E-state index contributed by atoms with van der Waals surface area (Å²) in [7, 11) is 0. The maximum Gasteiger partial charge on any atom is 0.328 e. The summed E-state index contributed by atoms with van der Waals surface area (Å²) in [5, 5.41) is 0. The molecule has 2 fully saturated rings. The Bertz CT molecular complexity index is 961. The van der Waals surface area contributed by atoms with E-state index in [4.69, 9.17) is 23.7 Å². The predicted molar refractivity (Wildman–Crippen MR) is 101 cm³/mol. The van der Waals surface area contributed by atoms with E-state index < -0.39 is 53.6 Å². The molecule has 1 N–H and O–H groups in total. The van der Waals surface area contributed by atoms with Crippen LogP contribution in [0, 0.1) is 0 Å². The zero-order valence-electron chi connectivity index (χ0n) is 17.3. The molecule has 12 nitrogen and oxygen atoms in total. The molecule has 2 aliphatic rings. The Morgan fingerprint density at radius 1 is 1.10 bits per heavy atom. The van der Waals surface area contributed by atoms with Crippen molar-refractivity contribution in [2.45, 2.75) is 57.6 Å². The number of aromatic amines is 1. The molecule has 0 aromatic carbocycles. The number of hydrogen-bond donors (Lipinski definition) is 1. The van der Waals surface area contributed by atoms with Gasteiger partial charge < -0.3 is 23.7 Å². The monoisotopic (exact) mass is 440 g/mol. The van der Waals surface area contributed by atoms with Gasteiger partial charge in [0.2, 0.25) is 0 Å². The number of nitrogens with one attached hydrogen (secondary N) is 1. The van der Waals surface area contributed by atoms with Crippen molar-refractivity contribution in [2.75, 3.05) is 19.8 Å². The molecule has 2 saturated heterocycles. The lowest BCUT2D eigenvalue weighted by Gasteiger charge is -2.23. The summed E-state index contributed by atoms with van der Waals surface area (Å²) in [6, 6.07) is -0.280. The topological polar surface area (TPSA) is 152 Å². The van der Waals surface area contributed by atoms with Gasteiger partial charge in [0.25, 0.3) is 5.56 Å². The summed E-state index contributed by atoms with van der Waals surface area (Å²) in [6.07, 6.45) is -2.60. The normalized spacial score (nSPS) is 27.6. The largest absolute Gasteiger partial charge is 0.463 e. The van der Waals surface area contributed by atoms with Crippen LogP contribution >= 0.6 is 0 Å². The van der Waals surface area contributed by atoms with E-state index in [0.717, 1.165) is 13.8 Å². The van der Waals surface area contributed by atoms with Crippen LogP contribution in [0.3, 0.4) is 0 Å². The van der Waals surface area contributed by atoms with Crippen LogP contribution in [-0.4, -0.2) is 65.6 Å². The Balaban J connectivity index is 2.02. The van der Waals surface area contributed by atoms with Crippen molar-refractivity contribution in [1.82, 2.24) is 9.55 Å². The second-order valence-corrected chi connectivity index (χ2v) is 7.31. The first-order chi connectivity index (χ1) is 14.7.